The van der Waals surface area contributed by atoms with Crippen molar-refractivity contribution in [2.24, 2.45) is 5.92 Å². The van der Waals surface area contributed by atoms with E-state index in [1.807, 2.05) is 18.2 Å². The van der Waals surface area contributed by atoms with Crippen molar-refractivity contribution >= 4 is 56.0 Å². The summed E-state index contributed by atoms with van der Waals surface area (Å²) in [4.78, 5) is 12.4. The molecule has 2 atom stereocenters. The second-order valence-corrected chi connectivity index (χ2v) is 7.29. The van der Waals surface area contributed by atoms with Crippen LogP contribution in [0.3, 0.4) is 0 Å². The van der Waals surface area contributed by atoms with Gasteiger partial charge in [0.2, 0.25) is 0 Å². The van der Waals surface area contributed by atoms with E-state index in [2.05, 4.69) is 43.8 Å². The molecule has 1 aliphatic rings. The van der Waals surface area contributed by atoms with Gasteiger partial charge in [0.05, 0.1) is 5.56 Å². The lowest BCUT2D eigenvalue weighted by Gasteiger charge is -2.31. The van der Waals surface area contributed by atoms with Crippen molar-refractivity contribution in [3.63, 3.8) is 0 Å². The number of carbonyl (C=O) groups is 1. The Kier molecular flexibility index (Phi) is 5.96. The Morgan fingerprint density at radius 2 is 2.16 bits per heavy atom. The molecule has 0 spiro atoms. The van der Waals surface area contributed by atoms with E-state index in [0.29, 0.717) is 11.8 Å². The van der Waals surface area contributed by atoms with Crippen LogP contribution in [0.15, 0.2) is 22.7 Å². The van der Waals surface area contributed by atoms with E-state index in [9.17, 15) is 4.79 Å². The molecule has 5 heteroatoms. The summed E-state index contributed by atoms with van der Waals surface area (Å²) in [6, 6.07) is 5.98. The van der Waals surface area contributed by atoms with E-state index in [4.69, 9.17) is 11.6 Å². The van der Waals surface area contributed by atoms with Crippen LogP contribution in [-0.4, -0.2) is 17.8 Å². The van der Waals surface area contributed by atoms with Crippen LogP contribution >= 0.6 is 50.1 Å². The van der Waals surface area contributed by atoms with E-state index in [1.165, 1.54) is 12.8 Å². The summed E-state index contributed by atoms with van der Waals surface area (Å²) >= 11 is 11.6. The number of amides is 1. The first kappa shape index (κ1) is 15.6. The molecule has 1 amide bonds. The SMILES string of the molecule is O=C(NC1CCCCC1CCl)c1cc(Br)ccc1I. The fraction of sp³-hybridized carbons (Fsp3) is 0.500. The molecule has 0 radical (unpaired) electrons. The minimum Gasteiger partial charge on any atom is -0.349 e. The molecule has 1 aromatic carbocycles. The second kappa shape index (κ2) is 7.27. The molecule has 104 valence electrons. The van der Waals surface area contributed by atoms with Gasteiger partial charge in [0.1, 0.15) is 0 Å². The Hall–Kier alpha value is 0.190. The largest absolute Gasteiger partial charge is 0.349 e. The number of benzene rings is 1. The van der Waals surface area contributed by atoms with E-state index in [0.717, 1.165) is 26.4 Å². The van der Waals surface area contributed by atoms with Gasteiger partial charge < -0.3 is 5.32 Å². The Morgan fingerprint density at radius 1 is 1.42 bits per heavy atom. The van der Waals surface area contributed by atoms with Gasteiger partial charge >= 0.3 is 0 Å². The first-order chi connectivity index (χ1) is 9.11. The van der Waals surface area contributed by atoms with E-state index < -0.39 is 0 Å². The highest BCUT2D eigenvalue weighted by Crippen LogP contribution is 2.26. The molecule has 1 N–H and O–H groups in total. The predicted molar refractivity (Wildman–Crippen MR) is 90.8 cm³/mol. The normalized spacial score (nSPS) is 23.1. The molecule has 1 aromatic rings. The predicted octanol–water partition coefficient (Wildman–Crippen LogP) is 4.58. The van der Waals surface area contributed by atoms with Crippen molar-refractivity contribution in [3.05, 3.63) is 31.8 Å². The summed E-state index contributed by atoms with van der Waals surface area (Å²) in [5, 5.41) is 3.16. The molecule has 0 aliphatic heterocycles. The van der Waals surface area contributed by atoms with Gasteiger partial charge in [-0.05, 0) is 59.5 Å². The molecule has 0 bridgehead atoms. The summed E-state index contributed by atoms with van der Waals surface area (Å²) in [6.45, 7) is 0. The summed E-state index contributed by atoms with van der Waals surface area (Å²) < 4.78 is 1.90. The molecule has 0 aromatic heterocycles. The number of hydrogen-bond donors (Lipinski definition) is 1. The van der Waals surface area contributed by atoms with Crippen LogP contribution < -0.4 is 5.32 Å². The smallest absolute Gasteiger partial charge is 0.252 e. The van der Waals surface area contributed by atoms with E-state index in [-0.39, 0.29) is 11.9 Å². The van der Waals surface area contributed by atoms with Crippen molar-refractivity contribution < 1.29 is 4.79 Å². The highest BCUT2D eigenvalue weighted by Gasteiger charge is 2.26. The highest BCUT2D eigenvalue weighted by molar-refractivity contribution is 14.1. The Labute approximate surface area is 140 Å². The molecule has 0 heterocycles. The van der Waals surface area contributed by atoms with Gasteiger partial charge in [0, 0.05) is 20.0 Å². The van der Waals surface area contributed by atoms with Crippen LogP contribution in [0, 0.1) is 9.49 Å². The molecule has 2 nitrogen and oxygen atoms in total. The van der Waals surface area contributed by atoms with Gasteiger partial charge in [-0.25, -0.2) is 0 Å². The summed E-state index contributed by atoms with van der Waals surface area (Å²) in [5.74, 6) is 1.04. The number of alkyl halides is 1. The molecule has 1 saturated carbocycles. The van der Waals surface area contributed by atoms with Crippen LogP contribution in [0.2, 0.25) is 0 Å². The average molecular weight is 457 g/mol. The van der Waals surface area contributed by atoms with Gasteiger partial charge in [0.25, 0.3) is 5.91 Å². The van der Waals surface area contributed by atoms with Crippen LogP contribution in [-0.2, 0) is 0 Å². The standard InChI is InChI=1S/C14H16BrClINO/c15-10-5-6-12(17)11(7-10)14(19)18-13-4-2-1-3-9(13)8-16/h5-7,9,13H,1-4,8H2,(H,18,19). The molecule has 0 saturated heterocycles. The molecular weight excluding hydrogens is 440 g/mol. The third kappa shape index (κ3) is 4.08. The topological polar surface area (TPSA) is 29.1 Å². The van der Waals surface area contributed by atoms with Crippen LogP contribution in [0.5, 0.6) is 0 Å². The molecule has 1 aliphatic carbocycles. The van der Waals surface area contributed by atoms with Crippen LogP contribution in [0.1, 0.15) is 36.0 Å². The molecule has 2 rings (SSSR count). The third-order valence-electron chi connectivity index (χ3n) is 3.60. The zero-order valence-electron chi connectivity index (χ0n) is 10.5. The van der Waals surface area contributed by atoms with Gasteiger partial charge in [-0.3, -0.25) is 4.79 Å². The zero-order chi connectivity index (χ0) is 13.8. The average Bonchev–Trinajstić information content (AvgIpc) is 2.42. The maximum Gasteiger partial charge on any atom is 0.252 e. The van der Waals surface area contributed by atoms with Gasteiger partial charge in [0.15, 0.2) is 0 Å². The quantitative estimate of drug-likeness (QED) is 0.524. The summed E-state index contributed by atoms with van der Waals surface area (Å²) in [5.41, 5.74) is 0.730. The minimum atomic E-state index is 0.00715. The highest BCUT2D eigenvalue weighted by atomic mass is 127. The van der Waals surface area contributed by atoms with Gasteiger partial charge in [-0.15, -0.1) is 11.6 Å². The Bertz CT molecular complexity index is 469. The Balaban J connectivity index is 2.09. The number of nitrogens with one attached hydrogen (secondary N) is 1. The molecule has 1 fully saturated rings. The van der Waals surface area contributed by atoms with Gasteiger partial charge in [-0.2, -0.15) is 0 Å². The van der Waals surface area contributed by atoms with Crippen molar-refractivity contribution in [2.45, 2.75) is 31.7 Å². The van der Waals surface area contributed by atoms with E-state index in [1.54, 1.807) is 0 Å². The summed E-state index contributed by atoms with van der Waals surface area (Å²) in [6.07, 6.45) is 4.55. The monoisotopic (exact) mass is 455 g/mol. The summed E-state index contributed by atoms with van der Waals surface area (Å²) in [7, 11) is 0. The maximum absolute atomic E-state index is 12.4. The fourth-order valence-corrected chi connectivity index (χ4v) is 3.81. The molecular formula is C14H16BrClINO. The van der Waals surface area contributed by atoms with Crippen molar-refractivity contribution in [2.75, 3.05) is 5.88 Å². The van der Waals surface area contributed by atoms with Crippen molar-refractivity contribution in [3.8, 4) is 0 Å². The Morgan fingerprint density at radius 3 is 2.89 bits per heavy atom. The number of halogens is 3. The van der Waals surface area contributed by atoms with Crippen molar-refractivity contribution in [1.82, 2.24) is 5.32 Å². The van der Waals surface area contributed by atoms with Crippen LogP contribution in [0.25, 0.3) is 0 Å². The first-order valence-electron chi connectivity index (χ1n) is 6.43. The third-order valence-corrected chi connectivity index (χ3v) is 5.43. The molecule has 19 heavy (non-hydrogen) atoms. The molecule has 2 unspecified atom stereocenters. The van der Waals surface area contributed by atoms with Gasteiger partial charge in [-0.1, -0.05) is 28.8 Å². The fourth-order valence-electron chi connectivity index (χ4n) is 2.50. The number of rotatable bonds is 3. The lowest BCUT2D eigenvalue weighted by atomic mass is 9.85. The lowest BCUT2D eigenvalue weighted by Crippen LogP contribution is -2.43. The van der Waals surface area contributed by atoms with E-state index >= 15 is 0 Å². The van der Waals surface area contributed by atoms with Crippen molar-refractivity contribution in [1.29, 1.82) is 0 Å². The minimum absolute atomic E-state index is 0.00715. The first-order valence-corrected chi connectivity index (χ1v) is 8.84. The number of carbonyl (C=O) groups excluding carboxylic acids is 1. The lowest BCUT2D eigenvalue weighted by molar-refractivity contribution is 0.0910. The van der Waals surface area contributed by atoms with Crippen LogP contribution in [0.4, 0.5) is 0 Å². The number of hydrogen-bond acceptors (Lipinski definition) is 1. The zero-order valence-corrected chi connectivity index (χ0v) is 15.0. The second-order valence-electron chi connectivity index (χ2n) is 4.90. The maximum atomic E-state index is 12.4.